The van der Waals surface area contributed by atoms with Crippen molar-refractivity contribution in [1.82, 2.24) is 14.6 Å². The lowest BCUT2D eigenvalue weighted by molar-refractivity contribution is 0.359. The highest BCUT2D eigenvalue weighted by atomic mass is 19.1. The van der Waals surface area contributed by atoms with Gasteiger partial charge in [0.05, 0.1) is 13.3 Å². The number of hydrogen-bond acceptors (Lipinski definition) is 4. The molecular weight excluding hydrogens is 302 g/mol. The summed E-state index contributed by atoms with van der Waals surface area (Å²) in [6.45, 7) is 2.26. The van der Waals surface area contributed by atoms with Gasteiger partial charge in [-0.25, -0.2) is 13.8 Å². The average molecular weight is 318 g/mol. The molecule has 2 aromatic heterocycles. The van der Waals surface area contributed by atoms with Crippen LogP contribution in [0.5, 0.6) is 5.75 Å². The molecule has 3 aromatic rings. The van der Waals surface area contributed by atoms with Crippen LogP contribution in [0.3, 0.4) is 0 Å². The Morgan fingerprint density at radius 1 is 1.22 bits per heavy atom. The van der Waals surface area contributed by atoms with E-state index in [9.17, 15) is 8.78 Å². The zero-order chi connectivity index (χ0) is 16.4. The zero-order valence-corrected chi connectivity index (χ0v) is 12.8. The first-order valence-electron chi connectivity index (χ1n) is 7.21. The van der Waals surface area contributed by atoms with E-state index in [1.807, 2.05) is 13.0 Å². The third-order valence-electron chi connectivity index (χ3n) is 3.51. The smallest absolute Gasteiger partial charge is 0.190 e. The summed E-state index contributed by atoms with van der Waals surface area (Å²) in [6, 6.07) is 6.17. The third-order valence-corrected chi connectivity index (χ3v) is 3.51. The Hall–Kier alpha value is -2.70. The largest absolute Gasteiger partial charge is 0.491 e. The van der Waals surface area contributed by atoms with Gasteiger partial charge in [-0.05, 0) is 24.1 Å². The molecule has 0 aliphatic rings. The number of hydrogen-bond donors (Lipinski definition) is 1. The molecule has 2 heterocycles. The molecule has 7 heteroatoms. The van der Waals surface area contributed by atoms with Crippen LogP contribution in [0.15, 0.2) is 30.5 Å². The quantitative estimate of drug-likeness (QED) is 0.785. The van der Waals surface area contributed by atoms with Crippen molar-refractivity contribution in [3.63, 3.8) is 0 Å². The molecule has 3 rings (SSSR count). The SMILES string of the molecule is CCc1cc(NCc2cc(F)c(OC)c(F)c2)n2nccc2n1. The fourth-order valence-corrected chi connectivity index (χ4v) is 2.37. The van der Waals surface area contributed by atoms with Crippen molar-refractivity contribution in [2.24, 2.45) is 0 Å². The lowest BCUT2D eigenvalue weighted by atomic mass is 10.2. The number of aromatic nitrogens is 3. The molecular formula is C16H16F2N4O. The van der Waals surface area contributed by atoms with Crippen LogP contribution in [0.25, 0.3) is 5.65 Å². The number of aryl methyl sites for hydroxylation is 1. The minimum atomic E-state index is -0.725. The molecule has 0 saturated carbocycles. The number of methoxy groups -OCH3 is 1. The van der Waals surface area contributed by atoms with Crippen molar-refractivity contribution in [3.8, 4) is 5.75 Å². The molecule has 0 radical (unpaired) electrons. The number of rotatable bonds is 5. The maximum Gasteiger partial charge on any atom is 0.190 e. The predicted octanol–water partition coefficient (Wildman–Crippen LogP) is 3.19. The molecule has 0 saturated heterocycles. The van der Waals surface area contributed by atoms with Crippen LogP contribution in [0.1, 0.15) is 18.2 Å². The summed E-state index contributed by atoms with van der Waals surface area (Å²) >= 11 is 0. The summed E-state index contributed by atoms with van der Waals surface area (Å²) in [7, 11) is 1.23. The van der Waals surface area contributed by atoms with Gasteiger partial charge in [-0.2, -0.15) is 9.61 Å². The summed E-state index contributed by atoms with van der Waals surface area (Å²) in [5, 5.41) is 7.34. The first-order chi connectivity index (χ1) is 11.1. The standard InChI is InChI=1S/C16H16F2N4O/c1-3-11-8-15(22-14(21-11)4-5-20-22)19-9-10-6-12(17)16(23-2)13(18)7-10/h4-8,19H,3,9H2,1-2H3. The Morgan fingerprint density at radius 2 is 1.96 bits per heavy atom. The third kappa shape index (κ3) is 2.94. The van der Waals surface area contributed by atoms with Crippen LogP contribution in [-0.4, -0.2) is 21.7 Å². The van der Waals surface area contributed by atoms with E-state index in [0.29, 0.717) is 11.4 Å². The Kier molecular flexibility index (Phi) is 4.10. The van der Waals surface area contributed by atoms with Crippen molar-refractivity contribution in [2.45, 2.75) is 19.9 Å². The van der Waals surface area contributed by atoms with Gasteiger partial charge in [0.25, 0.3) is 0 Å². The van der Waals surface area contributed by atoms with Crippen molar-refractivity contribution in [1.29, 1.82) is 0 Å². The van der Waals surface area contributed by atoms with Crippen molar-refractivity contribution in [2.75, 3.05) is 12.4 Å². The minimum absolute atomic E-state index is 0.250. The normalized spacial score (nSPS) is 11.0. The zero-order valence-electron chi connectivity index (χ0n) is 12.8. The molecule has 1 N–H and O–H groups in total. The van der Waals surface area contributed by atoms with Gasteiger partial charge in [-0.1, -0.05) is 6.92 Å². The molecule has 120 valence electrons. The molecule has 0 amide bonds. The molecule has 0 bridgehead atoms. The van der Waals surface area contributed by atoms with Crippen LogP contribution >= 0.6 is 0 Å². The summed E-state index contributed by atoms with van der Waals surface area (Å²) in [5.74, 6) is -1.11. The van der Waals surface area contributed by atoms with Crippen LogP contribution in [-0.2, 0) is 13.0 Å². The van der Waals surface area contributed by atoms with E-state index < -0.39 is 11.6 Å². The number of ether oxygens (including phenoxy) is 1. The number of benzene rings is 1. The van der Waals surface area contributed by atoms with Crippen molar-refractivity contribution < 1.29 is 13.5 Å². The van der Waals surface area contributed by atoms with Gasteiger partial charge in [0.15, 0.2) is 23.0 Å². The first-order valence-corrected chi connectivity index (χ1v) is 7.21. The molecule has 23 heavy (non-hydrogen) atoms. The second kappa shape index (κ2) is 6.20. The highest BCUT2D eigenvalue weighted by Crippen LogP contribution is 2.23. The van der Waals surface area contributed by atoms with Gasteiger partial charge in [0.1, 0.15) is 5.82 Å². The van der Waals surface area contributed by atoms with E-state index in [-0.39, 0.29) is 12.3 Å². The van der Waals surface area contributed by atoms with Gasteiger partial charge >= 0.3 is 0 Å². The number of halogens is 2. The number of anilines is 1. The fourth-order valence-electron chi connectivity index (χ4n) is 2.37. The molecule has 1 aromatic carbocycles. The van der Waals surface area contributed by atoms with Gasteiger partial charge in [0.2, 0.25) is 0 Å². The lowest BCUT2D eigenvalue weighted by Gasteiger charge is -2.11. The Balaban J connectivity index is 1.87. The lowest BCUT2D eigenvalue weighted by Crippen LogP contribution is -2.08. The van der Waals surface area contributed by atoms with Gasteiger partial charge in [-0.3, -0.25) is 0 Å². The fraction of sp³-hybridized carbons (Fsp3) is 0.250. The van der Waals surface area contributed by atoms with Crippen LogP contribution in [0, 0.1) is 11.6 Å². The van der Waals surface area contributed by atoms with E-state index in [1.165, 1.54) is 19.2 Å². The van der Waals surface area contributed by atoms with Crippen LogP contribution < -0.4 is 10.1 Å². The maximum absolute atomic E-state index is 13.7. The summed E-state index contributed by atoms with van der Waals surface area (Å²) in [6.07, 6.45) is 2.43. The Labute approximate surface area is 131 Å². The second-order valence-corrected chi connectivity index (χ2v) is 5.03. The van der Waals surface area contributed by atoms with E-state index in [1.54, 1.807) is 16.8 Å². The molecule has 0 aliphatic heterocycles. The van der Waals surface area contributed by atoms with Crippen LogP contribution in [0.2, 0.25) is 0 Å². The van der Waals surface area contributed by atoms with E-state index in [4.69, 9.17) is 0 Å². The number of nitrogens with zero attached hydrogens (tertiary/aromatic N) is 3. The first kappa shape index (κ1) is 15.2. The molecule has 0 unspecified atom stereocenters. The molecule has 0 aliphatic carbocycles. The van der Waals surface area contributed by atoms with Crippen molar-refractivity contribution in [3.05, 3.63) is 53.4 Å². The maximum atomic E-state index is 13.7. The van der Waals surface area contributed by atoms with E-state index in [2.05, 4.69) is 20.1 Å². The van der Waals surface area contributed by atoms with Crippen molar-refractivity contribution >= 4 is 11.5 Å². The van der Waals surface area contributed by atoms with E-state index in [0.717, 1.165) is 17.8 Å². The highest BCUT2D eigenvalue weighted by molar-refractivity contribution is 5.49. The summed E-state index contributed by atoms with van der Waals surface area (Å²) < 4.78 is 33.8. The predicted molar refractivity (Wildman–Crippen MR) is 82.6 cm³/mol. The topological polar surface area (TPSA) is 51.5 Å². The monoisotopic (exact) mass is 318 g/mol. The Morgan fingerprint density at radius 3 is 2.61 bits per heavy atom. The summed E-state index contributed by atoms with van der Waals surface area (Å²) in [5.41, 5.74) is 2.10. The molecule has 0 fully saturated rings. The molecule has 5 nitrogen and oxygen atoms in total. The number of nitrogens with one attached hydrogen (secondary N) is 1. The minimum Gasteiger partial charge on any atom is -0.491 e. The Bertz CT molecular complexity index is 824. The van der Waals surface area contributed by atoms with Gasteiger partial charge < -0.3 is 10.1 Å². The van der Waals surface area contributed by atoms with Crippen LogP contribution in [0.4, 0.5) is 14.6 Å². The van der Waals surface area contributed by atoms with E-state index >= 15 is 0 Å². The number of fused-ring (bicyclic) bond motifs is 1. The summed E-state index contributed by atoms with van der Waals surface area (Å²) in [4.78, 5) is 4.44. The molecule has 0 spiro atoms. The molecule has 0 atom stereocenters. The average Bonchev–Trinajstić information content (AvgIpc) is 3.00. The van der Waals surface area contributed by atoms with Gasteiger partial charge in [-0.15, -0.1) is 0 Å². The highest BCUT2D eigenvalue weighted by Gasteiger charge is 2.12. The van der Waals surface area contributed by atoms with Gasteiger partial charge in [0, 0.05) is 24.4 Å². The second-order valence-electron chi connectivity index (χ2n) is 5.03.